The summed E-state index contributed by atoms with van der Waals surface area (Å²) in [5.74, 6) is 0.695. The van der Waals surface area contributed by atoms with Crippen molar-refractivity contribution >= 4 is 34.8 Å². The first-order valence-corrected chi connectivity index (χ1v) is 10.3. The molecule has 1 amide bonds. The Morgan fingerprint density at radius 3 is 2.63 bits per heavy atom. The Hall–Kier alpha value is -2.45. The number of ketones is 1. The number of thioether (sulfide) groups is 1. The van der Waals surface area contributed by atoms with Crippen LogP contribution in [0.5, 0.6) is 0 Å². The minimum absolute atomic E-state index is 0.0594. The molecule has 1 aromatic carbocycles. The zero-order valence-electron chi connectivity index (χ0n) is 15.1. The van der Waals surface area contributed by atoms with E-state index in [0.717, 1.165) is 16.3 Å². The Labute approximate surface area is 166 Å². The van der Waals surface area contributed by atoms with Gasteiger partial charge in [-0.3, -0.25) is 9.59 Å². The highest BCUT2D eigenvalue weighted by atomic mass is 32.2. The Morgan fingerprint density at radius 2 is 1.96 bits per heavy atom. The second kappa shape index (κ2) is 8.96. The van der Waals surface area contributed by atoms with Gasteiger partial charge in [0.1, 0.15) is 0 Å². The molecule has 1 atom stereocenters. The minimum Gasteiger partial charge on any atom is -0.345 e. The number of Topliss-reactive ketones (excluding diaryl/α,β-unsaturated/α-hetero) is 1. The largest absolute Gasteiger partial charge is 0.345 e. The molecule has 140 valence electrons. The standard InChI is InChI=1S/C19H20N4O2S2/c1-13(24)15(11-14-7-4-3-5-8-14)20-17(25)12-27-19-22-21-18(23(19)2)16-9-6-10-26-16/h3-10,15H,11-12H2,1-2H3,(H,20,25). The number of nitrogens with one attached hydrogen (secondary N) is 1. The van der Waals surface area contributed by atoms with E-state index in [9.17, 15) is 9.59 Å². The van der Waals surface area contributed by atoms with Crippen LogP contribution in [-0.2, 0) is 23.1 Å². The van der Waals surface area contributed by atoms with Crippen molar-refractivity contribution in [3.63, 3.8) is 0 Å². The number of rotatable bonds is 8. The van der Waals surface area contributed by atoms with Crippen LogP contribution in [0.2, 0.25) is 0 Å². The van der Waals surface area contributed by atoms with Gasteiger partial charge in [0.25, 0.3) is 0 Å². The first kappa shape index (κ1) is 19.3. The lowest BCUT2D eigenvalue weighted by molar-refractivity contribution is -0.125. The summed E-state index contributed by atoms with van der Waals surface area (Å²) in [7, 11) is 1.88. The van der Waals surface area contributed by atoms with Gasteiger partial charge in [-0.05, 0) is 30.4 Å². The maximum Gasteiger partial charge on any atom is 0.231 e. The number of carbonyl (C=O) groups is 2. The molecule has 2 heterocycles. The van der Waals surface area contributed by atoms with Gasteiger partial charge in [0.2, 0.25) is 5.91 Å². The number of nitrogens with zero attached hydrogens (tertiary/aromatic N) is 3. The highest BCUT2D eigenvalue weighted by molar-refractivity contribution is 7.99. The number of hydrogen-bond acceptors (Lipinski definition) is 6. The van der Waals surface area contributed by atoms with Gasteiger partial charge in [-0.25, -0.2) is 0 Å². The molecule has 0 aliphatic rings. The summed E-state index contributed by atoms with van der Waals surface area (Å²) in [6, 6.07) is 13.1. The van der Waals surface area contributed by atoms with Crippen molar-refractivity contribution in [3.8, 4) is 10.7 Å². The van der Waals surface area contributed by atoms with Crippen molar-refractivity contribution in [1.82, 2.24) is 20.1 Å². The molecule has 1 unspecified atom stereocenters. The van der Waals surface area contributed by atoms with E-state index in [1.807, 2.05) is 59.5 Å². The normalized spacial score (nSPS) is 11.9. The highest BCUT2D eigenvalue weighted by Crippen LogP contribution is 2.25. The Morgan fingerprint density at radius 1 is 1.19 bits per heavy atom. The number of thiophene rings is 1. The van der Waals surface area contributed by atoms with Crippen LogP contribution < -0.4 is 5.32 Å². The van der Waals surface area contributed by atoms with Gasteiger partial charge in [0.15, 0.2) is 16.8 Å². The summed E-state index contributed by atoms with van der Waals surface area (Å²) in [5.41, 5.74) is 1.01. The predicted molar refractivity (Wildman–Crippen MR) is 108 cm³/mol. The third-order valence-corrected chi connectivity index (χ3v) is 5.90. The Kier molecular flexibility index (Phi) is 6.41. The zero-order chi connectivity index (χ0) is 19.2. The van der Waals surface area contributed by atoms with Crippen LogP contribution in [0.3, 0.4) is 0 Å². The van der Waals surface area contributed by atoms with Gasteiger partial charge < -0.3 is 9.88 Å². The van der Waals surface area contributed by atoms with Crippen molar-refractivity contribution in [1.29, 1.82) is 0 Å². The minimum atomic E-state index is -0.526. The molecule has 8 heteroatoms. The lowest BCUT2D eigenvalue weighted by Crippen LogP contribution is -2.42. The van der Waals surface area contributed by atoms with E-state index in [-0.39, 0.29) is 17.4 Å². The molecule has 27 heavy (non-hydrogen) atoms. The molecule has 0 bridgehead atoms. The van der Waals surface area contributed by atoms with E-state index in [1.54, 1.807) is 11.3 Å². The van der Waals surface area contributed by atoms with Crippen LogP contribution >= 0.6 is 23.1 Å². The molecule has 1 N–H and O–H groups in total. The Balaban J connectivity index is 1.58. The maximum absolute atomic E-state index is 12.3. The van der Waals surface area contributed by atoms with Gasteiger partial charge in [-0.1, -0.05) is 48.2 Å². The van der Waals surface area contributed by atoms with E-state index >= 15 is 0 Å². The molecular weight excluding hydrogens is 380 g/mol. The number of carbonyl (C=O) groups excluding carboxylic acids is 2. The van der Waals surface area contributed by atoms with Crippen molar-refractivity contribution in [3.05, 3.63) is 53.4 Å². The first-order valence-electron chi connectivity index (χ1n) is 8.44. The van der Waals surface area contributed by atoms with Gasteiger partial charge >= 0.3 is 0 Å². The van der Waals surface area contributed by atoms with Gasteiger partial charge in [-0.2, -0.15) is 0 Å². The molecule has 2 aromatic heterocycles. The number of aromatic nitrogens is 3. The molecule has 3 aromatic rings. The average molecular weight is 401 g/mol. The number of amides is 1. The summed E-state index contributed by atoms with van der Waals surface area (Å²) in [4.78, 5) is 25.3. The van der Waals surface area contributed by atoms with Crippen LogP contribution in [0.25, 0.3) is 10.7 Å². The Bertz CT molecular complexity index is 907. The molecule has 0 spiro atoms. The molecule has 6 nitrogen and oxygen atoms in total. The van der Waals surface area contributed by atoms with Crippen LogP contribution in [-0.4, -0.2) is 38.2 Å². The SMILES string of the molecule is CC(=O)C(Cc1ccccc1)NC(=O)CSc1nnc(-c2cccs2)n1C. The van der Waals surface area contributed by atoms with Crippen molar-refractivity contribution in [2.45, 2.75) is 24.5 Å². The molecule has 0 saturated heterocycles. The highest BCUT2D eigenvalue weighted by Gasteiger charge is 2.19. The number of hydrogen-bond donors (Lipinski definition) is 1. The molecule has 0 saturated carbocycles. The van der Waals surface area contributed by atoms with Crippen molar-refractivity contribution in [2.75, 3.05) is 5.75 Å². The van der Waals surface area contributed by atoms with E-state index in [2.05, 4.69) is 15.5 Å². The number of benzene rings is 1. The zero-order valence-corrected chi connectivity index (χ0v) is 16.7. The van der Waals surface area contributed by atoms with E-state index in [4.69, 9.17) is 0 Å². The monoisotopic (exact) mass is 400 g/mol. The molecule has 0 radical (unpaired) electrons. The summed E-state index contributed by atoms with van der Waals surface area (Å²) < 4.78 is 1.87. The third kappa shape index (κ3) is 5.05. The lowest BCUT2D eigenvalue weighted by Gasteiger charge is -2.16. The average Bonchev–Trinajstić information content (AvgIpc) is 3.30. The van der Waals surface area contributed by atoms with Gasteiger partial charge in [0.05, 0.1) is 16.7 Å². The van der Waals surface area contributed by atoms with Gasteiger partial charge in [0, 0.05) is 7.05 Å². The first-order chi connectivity index (χ1) is 13.0. The van der Waals surface area contributed by atoms with E-state index in [1.165, 1.54) is 18.7 Å². The van der Waals surface area contributed by atoms with E-state index in [0.29, 0.717) is 11.6 Å². The molecule has 0 aliphatic carbocycles. The molecule has 3 rings (SSSR count). The van der Waals surface area contributed by atoms with Crippen molar-refractivity contribution in [2.24, 2.45) is 7.05 Å². The smallest absolute Gasteiger partial charge is 0.231 e. The molecule has 0 aliphatic heterocycles. The van der Waals surface area contributed by atoms with Crippen LogP contribution in [0.1, 0.15) is 12.5 Å². The van der Waals surface area contributed by atoms with Crippen LogP contribution in [0, 0.1) is 0 Å². The fourth-order valence-electron chi connectivity index (χ4n) is 2.57. The lowest BCUT2D eigenvalue weighted by atomic mass is 10.0. The van der Waals surface area contributed by atoms with Crippen molar-refractivity contribution < 1.29 is 9.59 Å². The third-order valence-electron chi connectivity index (χ3n) is 4.02. The fraction of sp³-hybridized carbons (Fsp3) is 0.263. The topological polar surface area (TPSA) is 76.9 Å². The summed E-state index contributed by atoms with van der Waals surface area (Å²) in [5, 5.41) is 13.8. The second-order valence-corrected chi connectivity index (χ2v) is 7.94. The molecule has 0 fully saturated rings. The van der Waals surface area contributed by atoms with Crippen LogP contribution in [0.4, 0.5) is 0 Å². The summed E-state index contributed by atoms with van der Waals surface area (Å²) in [6.45, 7) is 1.50. The predicted octanol–water partition coefficient (Wildman–Crippen LogP) is 2.95. The van der Waals surface area contributed by atoms with Crippen LogP contribution in [0.15, 0.2) is 53.0 Å². The maximum atomic E-state index is 12.3. The molecular formula is C19H20N4O2S2. The van der Waals surface area contributed by atoms with E-state index < -0.39 is 6.04 Å². The quantitative estimate of drug-likeness (QED) is 0.588. The second-order valence-electron chi connectivity index (χ2n) is 6.05. The van der Waals surface area contributed by atoms with Gasteiger partial charge in [-0.15, -0.1) is 21.5 Å². The summed E-state index contributed by atoms with van der Waals surface area (Å²) in [6.07, 6.45) is 0.485. The summed E-state index contributed by atoms with van der Waals surface area (Å²) >= 11 is 2.89. The fourth-order valence-corrected chi connectivity index (χ4v) is 4.04.